The lowest BCUT2D eigenvalue weighted by molar-refractivity contribution is 0.584. The van der Waals surface area contributed by atoms with Gasteiger partial charge in [-0.3, -0.25) is 23.7 Å². The van der Waals surface area contributed by atoms with Crippen LogP contribution in [0, 0.1) is 0 Å². The monoisotopic (exact) mass is 377 g/mol. The lowest BCUT2D eigenvalue weighted by Gasteiger charge is -2.07. The zero-order valence-electron chi connectivity index (χ0n) is 15.4. The molecule has 0 unspecified atom stereocenters. The van der Waals surface area contributed by atoms with Crippen molar-refractivity contribution in [1.29, 1.82) is 0 Å². The van der Waals surface area contributed by atoms with E-state index in [1.807, 2.05) is 6.92 Å². The lowest BCUT2D eigenvalue weighted by atomic mass is 9.97. The van der Waals surface area contributed by atoms with Gasteiger partial charge in [-0.05, 0) is 6.42 Å². The first-order valence-corrected chi connectivity index (χ1v) is 9.19. The molecule has 1 heterocycles. The number of unbranched alkanes of at least 4 members (excludes halogenated alkanes) is 2. The molecule has 3 aromatic carbocycles. The minimum atomic E-state index is -0.567. The molecule has 0 atom stereocenters. The van der Waals surface area contributed by atoms with Gasteiger partial charge in [0.15, 0.2) is 10.9 Å². The molecule has 1 aromatic heterocycles. The summed E-state index contributed by atoms with van der Waals surface area (Å²) in [4.78, 5) is 51.8. The van der Waals surface area contributed by atoms with E-state index in [0.717, 1.165) is 17.4 Å². The molecular weight excluding hydrogens is 358 g/mol. The summed E-state index contributed by atoms with van der Waals surface area (Å²) in [6.45, 7) is 2.26. The first-order chi connectivity index (χ1) is 13.4. The Labute approximate surface area is 158 Å². The Morgan fingerprint density at radius 1 is 0.750 bits per heavy atom. The van der Waals surface area contributed by atoms with Gasteiger partial charge in [-0.25, -0.2) is 0 Å². The fourth-order valence-electron chi connectivity index (χ4n) is 3.94. The van der Waals surface area contributed by atoms with Crippen LogP contribution in [0.15, 0.2) is 43.4 Å². The van der Waals surface area contributed by atoms with E-state index in [1.54, 1.807) is 12.1 Å². The predicted molar refractivity (Wildman–Crippen MR) is 113 cm³/mol. The van der Waals surface area contributed by atoms with Crippen LogP contribution in [0.2, 0.25) is 0 Å². The highest BCUT2D eigenvalue weighted by Gasteiger charge is 2.25. The molecule has 0 amide bonds. The molecule has 142 valence electrons. The molecule has 4 aromatic rings. The number of anilines is 2. The van der Waals surface area contributed by atoms with Crippen LogP contribution in [-0.4, -0.2) is 4.57 Å². The molecule has 0 spiro atoms. The number of benzene rings is 3. The third-order valence-corrected chi connectivity index (χ3v) is 5.35. The zero-order chi connectivity index (χ0) is 20.2. The summed E-state index contributed by atoms with van der Waals surface area (Å²) in [5.74, 6) is 0. The Morgan fingerprint density at radius 2 is 1.21 bits per heavy atom. The van der Waals surface area contributed by atoms with Crippen molar-refractivity contribution in [3.63, 3.8) is 0 Å². The summed E-state index contributed by atoms with van der Waals surface area (Å²) < 4.78 is 1.10. The first kappa shape index (κ1) is 17.9. The van der Waals surface area contributed by atoms with E-state index < -0.39 is 22.0 Å². The average molecular weight is 377 g/mol. The van der Waals surface area contributed by atoms with E-state index in [0.29, 0.717) is 6.42 Å². The normalized spacial score (nSPS) is 11.8. The third-order valence-electron chi connectivity index (χ3n) is 5.35. The maximum atomic E-state index is 13.0. The molecule has 0 bridgehead atoms. The van der Waals surface area contributed by atoms with E-state index in [2.05, 4.69) is 0 Å². The van der Waals surface area contributed by atoms with Crippen LogP contribution in [0.1, 0.15) is 26.2 Å². The fraction of sp³-hybridized carbons (Fsp3) is 0.238. The van der Waals surface area contributed by atoms with Crippen molar-refractivity contribution in [2.75, 3.05) is 11.5 Å². The molecule has 0 radical (unpaired) electrons. The van der Waals surface area contributed by atoms with E-state index in [9.17, 15) is 19.2 Å². The van der Waals surface area contributed by atoms with Gasteiger partial charge < -0.3 is 11.5 Å². The van der Waals surface area contributed by atoms with Gasteiger partial charge in [0.2, 0.25) is 0 Å². The van der Waals surface area contributed by atoms with Gasteiger partial charge >= 0.3 is 0 Å². The largest absolute Gasteiger partial charge is 0.397 e. The molecule has 4 rings (SSSR count). The summed E-state index contributed by atoms with van der Waals surface area (Å²) in [7, 11) is 0. The topological polar surface area (TPSA) is 125 Å². The maximum absolute atomic E-state index is 13.0. The van der Waals surface area contributed by atoms with Crippen molar-refractivity contribution in [3.05, 3.63) is 65.4 Å². The summed E-state index contributed by atoms with van der Waals surface area (Å²) in [5, 5.41) is 0.106. The second-order valence-corrected chi connectivity index (χ2v) is 7.00. The summed E-state index contributed by atoms with van der Waals surface area (Å²) >= 11 is 0. The predicted octanol–water partition coefficient (Wildman–Crippen LogP) is 1.62. The van der Waals surface area contributed by atoms with Crippen molar-refractivity contribution in [2.45, 2.75) is 32.7 Å². The minimum absolute atomic E-state index is 0.0710. The van der Waals surface area contributed by atoms with Crippen molar-refractivity contribution in [3.8, 4) is 0 Å². The van der Waals surface area contributed by atoms with E-state index in [4.69, 9.17) is 11.5 Å². The molecule has 7 heteroatoms. The number of fused-ring (bicyclic) bond motifs is 3. The molecule has 7 nitrogen and oxygen atoms in total. The number of nitrogens with zero attached hydrogens (tertiary/aromatic N) is 1. The highest BCUT2D eigenvalue weighted by Crippen LogP contribution is 2.31. The SMILES string of the molecule is CCCCCn1c(=O)c2c(N)c3c(=O)c4ccccc4c(=O)c3c(N)c2c1=O. The molecule has 4 N–H and O–H groups in total. The van der Waals surface area contributed by atoms with E-state index in [-0.39, 0.29) is 50.2 Å². The van der Waals surface area contributed by atoms with Crippen LogP contribution in [0.4, 0.5) is 11.4 Å². The lowest BCUT2D eigenvalue weighted by Crippen LogP contribution is -2.25. The Hall–Kier alpha value is -3.48. The summed E-state index contributed by atoms with van der Waals surface area (Å²) in [5.41, 5.74) is 9.98. The number of aromatic nitrogens is 1. The van der Waals surface area contributed by atoms with Gasteiger partial charge in [-0.2, -0.15) is 0 Å². The Balaban J connectivity index is 2.25. The molecule has 0 aliphatic rings. The number of hydrogen-bond acceptors (Lipinski definition) is 6. The van der Waals surface area contributed by atoms with Gasteiger partial charge in [-0.15, -0.1) is 0 Å². The third kappa shape index (κ3) is 2.22. The quantitative estimate of drug-likeness (QED) is 0.241. The van der Waals surface area contributed by atoms with Crippen LogP contribution in [0.5, 0.6) is 0 Å². The van der Waals surface area contributed by atoms with Crippen LogP contribution >= 0.6 is 0 Å². The Bertz CT molecular complexity index is 1370. The molecule has 0 saturated heterocycles. The van der Waals surface area contributed by atoms with Gasteiger partial charge in [0.05, 0.1) is 32.9 Å². The highest BCUT2D eigenvalue weighted by molar-refractivity contribution is 6.20. The van der Waals surface area contributed by atoms with Crippen molar-refractivity contribution in [1.82, 2.24) is 4.57 Å². The molecule has 0 aliphatic carbocycles. The zero-order valence-corrected chi connectivity index (χ0v) is 15.4. The van der Waals surface area contributed by atoms with Gasteiger partial charge in [0.1, 0.15) is 0 Å². The maximum Gasteiger partial charge on any atom is 0.263 e. The first-order valence-electron chi connectivity index (χ1n) is 9.19. The van der Waals surface area contributed by atoms with Crippen molar-refractivity contribution in [2.24, 2.45) is 0 Å². The molecule has 0 aliphatic heterocycles. The summed E-state index contributed by atoms with van der Waals surface area (Å²) in [6, 6.07) is 6.36. The second kappa shape index (κ2) is 6.30. The van der Waals surface area contributed by atoms with Crippen molar-refractivity contribution < 1.29 is 0 Å². The molecule has 28 heavy (non-hydrogen) atoms. The van der Waals surface area contributed by atoms with Crippen LogP contribution < -0.4 is 33.4 Å². The van der Waals surface area contributed by atoms with Gasteiger partial charge in [0.25, 0.3) is 11.1 Å². The van der Waals surface area contributed by atoms with Crippen molar-refractivity contribution >= 4 is 43.7 Å². The fourth-order valence-corrected chi connectivity index (χ4v) is 3.94. The smallest absolute Gasteiger partial charge is 0.263 e. The summed E-state index contributed by atoms with van der Waals surface area (Å²) in [6.07, 6.45) is 2.45. The van der Waals surface area contributed by atoms with E-state index in [1.165, 1.54) is 12.1 Å². The van der Waals surface area contributed by atoms with E-state index >= 15 is 0 Å². The number of rotatable bonds is 4. The molecular formula is C21H19N3O4. The second-order valence-electron chi connectivity index (χ2n) is 7.00. The number of hydrogen-bond donors (Lipinski definition) is 2. The Morgan fingerprint density at radius 3 is 1.64 bits per heavy atom. The number of nitrogens with two attached hydrogens (primary N) is 2. The van der Waals surface area contributed by atoms with Crippen LogP contribution in [0.25, 0.3) is 32.3 Å². The van der Waals surface area contributed by atoms with Crippen LogP contribution in [-0.2, 0) is 6.54 Å². The molecule has 0 fully saturated rings. The minimum Gasteiger partial charge on any atom is -0.397 e. The Kier molecular flexibility index (Phi) is 4.03. The average Bonchev–Trinajstić information content (AvgIpc) is 2.94. The number of nitrogen functional groups attached to an aromatic ring is 2. The highest BCUT2D eigenvalue weighted by atomic mass is 16.2. The van der Waals surface area contributed by atoms with Crippen LogP contribution in [0.3, 0.4) is 0 Å². The van der Waals surface area contributed by atoms with Gasteiger partial charge in [0, 0.05) is 17.3 Å². The standard InChI is InChI=1S/C21H19N3O4/c1-2-3-6-9-24-20(27)14-15(21(24)28)17(23)13-12(16(14)22)18(25)10-7-4-5-8-11(10)19(13)26/h4-5,7-8H,2-3,6,9,22-23H2,1H3. The molecule has 0 saturated carbocycles. The van der Waals surface area contributed by atoms with Gasteiger partial charge in [-0.1, -0.05) is 44.0 Å².